The Labute approximate surface area is 179 Å². The number of carbonyl (C=O) groups is 2. The third kappa shape index (κ3) is 6.88. The third-order valence-electron chi connectivity index (χ3n) is 5.40. The fraction of sp³-hybridized carbons (Fsp3) is 0.636. The summed E-state index contributed by atoms with van der Waals surface area (Å²) >= 11 is 0. The lowest BCUT2D eigenvalue weighted by atomic mass is 9.99. The molecule has 1 aliphatic rings. The van der Waals surface area contributed by atoms with E-state index in [-0.39, 0.29) is 35.9 Å². The lowest BCUT2D eigenvalue weighted by molar-refractivity contribution is -0.149. The molecule has 1 heterocycles. The van der Waals surface area contributed by atoms with E-state index in [4.69, 9.17) is 9.47 Å². The Hall–Kier alpha value is -2.32. The molecule has 8 heteroatoms. The summed E-state index contributed by atoms with van der Waals surface area (Å²) in [6.45, 7) is 10.5. The Kier molecular flexibility index (Phi) is 9.89. The van der Waals surface area contributed by atoms with Crippen molar-refractivity contribution in [3.8, 4) is 0 Å². The van der Waals surface area contributed by atoms with Crippen molar-refractivity contribution in [2.24, 2.45) is 11.8 Å². The monoisotopic (exact) mass is 420 g/mol. The normalized spacial score (nSPS) is 25.6. The van der Waals surface area contributed by atoms with Crippen molar-refractivity contribution in [3.63, 3.8) is 0 Å². The number of fused-ring (bicyclic) bond motifs is 1. The van der Waals surface area contributed by atoms with Crippen molar-refractivity contribution in [2.75, 3.05) is 50.0 Å². The Balaban J connectivity index is 2.24. The number of anilines is 2. The Morgan fingerprint density at radius 2 is 1.23 bits per heavy atom. The first-order valence-electron chi connectivity index (χ1n) is 10.8. The molecular formula is C22H36N4O4. The molecule has 8 nitrogen and oxygen atoms in total. The molecule has 0 saturated heterocycles. The number of carbonyl (C=O) groups excluding carboxylic acids is 2. The zero-order valence-electron chi connectivity index (χ0n) is 18.5. The van der Waals surface area contributed by atoms with Gasteiger partial charge >= 0.3 is 11.9 Å². The largest absolute Gasteiger partial charge is 0.466 e. The van der Waals surface area contributed by atoms with E-state index < -0.39 is 0 Å². The van der Waals surface area contributed by atoms with Gasteiger partial charge in [0.25, 0.3) is 0 Å². The maximum atomic E-state index is 12.5. The molecule has 4 N–H and O–H groups in total. The van der Waals surface area contributed by atoms with Crippen molar-refractivity contribution in [1.82, 2.24) is 10.6 Å². The molecule has 168 valence electrons. The molecule has 30 heavy (non-hydrogen) atoms. The topological polar surface area (TPSA) is 101 Å². The number of hydrogen-bond donors (Lipinski definition) is 4. The molecule has 4 unspecified atom stereocenters. The summed E-state index contributed by atoms with van der Waals surface area (Å²) < 4.78 is 10.6. The molecule has 0 saturated carbocycles. The number of ether oxygens (including phenoxy) is 2. The summed E-state index contributed by atoms with van der Waals surface area (Å²) in [6.07, 6.45) is 0. The molecule has 4 atom stereocenters. The van der Waals surface area contributed by atoms with E-state index >= 15 is 0 Å². The van der Waals surface area contributed by atoms with Crippen LogP contribution in [0.4, 0.5) is 11.4 Å². The van der Waals surface area contributed by atoms with Crippen molar-refractivity contribution >= 4 is 23.3 Å². The first kappa shape index (κ1) is 24.0. The van der Waals surface area contributed by atoms with Gasteiger partial charge in [0, 0.05) is 38.3 Å². The van der Waals surface area contributed by atoms with E-state index in [0.717, 1.165) is 11.4 Å². The van der Waals surface area contributed by atoms with Gasteiger partial charge in [-0.2, -0.15) is 0 Å². The minimum Gasteiger partial charge on any atom is -0.466 e. The van der Waals surface area contributed by atoms with E-state index in [2.05, 4.69) is 21.3 Å². The number of hydrogen-bond acceptors (Lipinski definition) is 8. The molecule has 1 aliphatic heterocycles. The van der Waals surface area contributed by atoms with Gasteiger partial charge in [-0.25, -0.2) is 0 Å². The molecule has 0 fully saturated rings. The van der Waals surface area contributed by atoms with E-state index in [1.54, 1.807) is 0 Å². The van der Waals surface area contributed by atoms with Crippen LogP contribution in [-0.4, -0.2) is 63.4 Å². The van der Waals surface area contributed by atoms with E-state index in [1.807, 2.05) is 52.0 Å². The van der Waals surface area contributed by atoms with Crippen LogP contribution >= 0.6 is 0 Å². The van der Waals surface area contributed by atoms with Gasteiger partial charge < -0.3 is 30.7 Å². The van der Waals surface area contributed by atoms with Crippen LogP contribution < -0.4 is 21.3 Å². The van der Waals surface area contributed by atoms with E-state index in [9.17, 15) is 9.59 Å². The van der Waals surface area contributed by atoms with Crippen molar-refractivity contribution in [1.29, 1.82) is 0 Å². The fourth-order valence-corrected chi connectivity index (χ4v) is 3.54. The average Bonchev–Trinajstić information content (AvgIpc) is 2.72. The predicted octanol–water partition coefficient (Wildman–Crippen LogP) is 1.84. The maximum Gasteiger partial charge on any atom is 0.312 e. The van der Waals surface area contributed by atoms with Crippen molar-refractivity contribution in [2.45, 2.75) is 39.8 Å². The number of para-hydroxylation sites is 2. The van der Waals surface area contributed by atoms with Crippen LogP contribution in [0.5, 0.6) is 0 Å². The highest BCUT2D eigenvalue weighted by Gasteiger charge is 2.29. The smallest absolute Gasteiger partial charge is 0.312 e. The van der Waals surface area contributed by atoms with Crippen LogP contribution in [0.3, 0.4) is 0 Å². The Morgan fingerprint density at radius 3 is 1.60 bits per heavy atom. The maximum absolute atomic E-state index is 12.5. The minimum atomic E-state index is -0.328. The Bertz CT molecular complexity index is 628. The second-order valence-corrected chi connectivity index (χ2v) is 7.51. The van der Waals surface area contributed by atoms with Gasteiger partial charge in [-0.3, -0.25) is 9.59 Å². The van der Waals surface area contributed by atoms with Gasteiger partial charge in [0.2, 0.25) is 0 Å². The van der Waals surface area contributed by atoms with Crippen LogP contribution in [0.1, 0.15) is 27.7 Å². The molecule has 0 radical (unpaired) electrons. The zero-order valence-corrected chi connectivity index (χ0v) is 18.5. The molecule has 0 bridgehead atoms. The molecular weight excluding hydrogens is 384 g/mol. The van der Waals surface area contributed by atoms with Gasteiger partial charge in [-0.15, -0.1) is 0 Å². The van der Waals surface area contributed by atoms with Crippen molar-refractivity contribution in [3.05, 3.63) is 24.3 Å². The molecule has 0 amide bonds. The first-order valence-corrected chi connectivity index (χ1v) is 10.8. The summed E-state index contributed by atoms with van der Waals surface area (Å²) in [5, 5.41) is 13.6. The minimum absolute atomic E-state index is 0.0717. The van der Waals surface area contributed by atoms with Crippen LogP contribution in [0, 0.1) is 11.8 Å². The standard InChI is InChI=1S/C22H36N4O4/c1-5-29-21(27)17-13-25-19-9-7-8-10-20(19)26-14-18(22(28)30-6-2)16(4)24-12-11-23-15(17)3/h7-10,15-18,23-26H,5-6,11-14H2,1-4H3. The van der Waals surface area contributed by atoms with Gasteiger partial charge in [0.05, 0.1) is 36.4 Å². The quantitative estimate of drug-likeness (QED) is 0.548. The van der Waals surface area contributed by atoms with Crippen LogP contribution in [0.2, 0.25) is 0 Å². The molecule has 1 aromatic carbocycles. The summed E-state index contributed by atoms with van der Waals surface area (Å²) in [5.41, 5.74) is 1.75. The zero-order chi connectivity index (χ0) is 21.9. The first-order chi connectivity index (χ1) is 14.5. The van der Waals surface area contributed by atoms with Crippen LogP contribution in [-0.2, 0) is 19.1 Å². The van der Waals surface area contributed by atoms with E-state index in [0.29, 0.717) is 39.4 Å². The summed E-state index contributed by atoms with van der Waals surface area (Å²) in [5.74, 6) is -1.09. The van der Waals surface area contributed by atoms with Crippen LogP contribution in [0.15, 0.2) is 24.3 Å². The number of benzene rings is 1. The highest BCUT2D eigenvalue weighted by atomic mass is 16.5. The van der Waals surface area contributed by atoms with Gasteiger partial charge in [-0.05, 0) is 39.8 Å². The Morgan fingerprint density at radius 1 is 0.833 bits per heavy atom. The third-order valence-corrected chi connectivity index (χ3v) is 5.40. The fourth-order valence-electron chi connectivity index (χ4n) is 3.54. The predicted molar refractivity (Wildman–Crippen MR) is 119 cm³/mol. The molecule has 0 aromatic heterocycles. The SMILES string of the molecule is CCOC(=O)C1CNc2ccccc2NCC(C(=O)OCC)C(C)NCCNC1C. The van der Waals surface area contributed by atoms with E-state index in [1.165, 1.54) is 0 Å². The molecule has 0 spiro atoms. The summed E-state index contributed by atoms with van der Waals surface area (Å²) in [6, 6.07) is 7.63. The lowest BCUT2D eigenvalue weighted by Gasteiger charge is -2.28. The number of rotatable bonds is 4. The highest BCUT2D eigenvalue weighted by Crippen LogP contribution is 2.23. The number of nitrogens with one attached hydrogen (secondary N) is 4. The van der Waals surface area contributed by atoms with Gasteiger partial charge in [0.1, 0.15) is 0 Å². The second kappa shape index (κ2) is 12.4. The van der Waals surface area contributed by atoms with Crippen LogP contribution in [0.25, 0.3) is 0 Å². The highest BCUT2D eigenvalue weighted by molar-refractivity contribution is 5.76. The van der Waals surface area contributed by atoms with Gasteiger partial charge in [0.15, 0.2) is 0 Å². The lowest BCUT2D eigenvalue weighted by Crippen LogP contribution is -2.48. The van der Waals surface area contributed by atoms with Crippen molar-refractivity contribution < 1.29 is 19.1 Å². The molecule has 2 rings (SSSR count). The summed E-state index contributed by atoms with van der Waals surface area (Å²) in [7, 11) is 0. The molecule has 1 aromatic rings. The molecule has 0 aliphatic carbocycles. The average molecular weight is 421 g/mol. The second-order valence-electron chi connectivity index (χ2n) is 7.51. The number of esters is 2. The summed E-state index contributed by atoms with van der Waals surface area (Å²) in [4.78, 5) is 25.0. The van der Waals surface area contributed by atoms with Gasteiger partial charge in [-0.1, -0.05) is 12.1 Å².